The Kier molecular flexibility index (Phi) is 5.72. The maximum Gasteiger partial charge on any atom is 0.310 e. The number of benzene rings is 1. The molecule has 2 N–H and O–H groups in total. The number of aryl methyl sites for hydroxylation is 1. The number of aromatic nitrogens is 1. The smallest absolute Gasteiger partial charge is 0.310 e. The monoisotopic (exact) mass is 346 g/mol. The first-order valence-electron chi connectivity index (χ1n) is 7.88. The van der Waals surface area contributed by atoms with Gasteiger partial charge >= 0.3 is 5.97 Å². The minimum Gasteiger partial charge on any atom is -0.481 e. The van der Waals surface area contributed by atoms with Crippen LogP contribution in [0.5, 0.6) is 0 Å². The standard InChI is InChI=1S/C18H22N2O3S/c1-10(2)8-15-16(24-12(4)19-15)17(21)20-14-7-5-6-13(9-14)11(3)18(22)23/h5-7,9-11H,8H2,1-4H3,(H,20,21)(H,22,23). The van der Waals surface area contributed by atoms with Crippen LogP contribution in [0.25, 0.3) is 0 Å². The SMILES string of the molecule is Cc1nc(CC(C)C)c(C(=O)Nc2cccc(C(C)C(=O)O)c2)s1. The van der Waals surface area contributed by atoms with Crippen LogP contribution in [-0.4, -0.2) is 22.0 Å². The summed E-state index contributed by atoms with van der Waals surface area (Å²) in [6, 6.07) is 6.95. The maximum absolute atomic E-state index is 12.6. The van der Waals surface area contributed by atoms with Crippen molar-refractivity contribution in [3.63, 3.8) is 0 Å². The van der Waals surface area contributed by atoms with E-state index in [0.717, 1.165) is 17.1 Å². The van der Waals surface area contributed by atoms with Crippen LogP contribution in [0.15, 0.2) is 24.3 Å². The van der Waals surface area contributed by atoms with Crippen LogP contribution in [0.4, 0.5) is 5.69 Å². The van der Waals surface area contributed by atoms with Gasteiger partial charge in [0.15, 0.2) is 0 Å². The van der Waals surface area contributed by atoms with Crippen LogP contribution in [0.1, 0.15) is 52.6 Å². The fourth-order valence-electron chi connectivity index (χ4n) is 2.39. The first-order valence-corrected chi connectivity index (χ1v) is 8.70. The topological polar surface area (TPSA) is 79.3 Å². The maximum atomic E-state index is 12.6. The molecule has 1 aromatic carbocycles. The highest BCUT2D eigenvalue weighted by Gasteiger charge is 2.19. The lowest BCUT2D eigenvalue weighted by molar-refractivity contribution is -0.138. The largest absolute Gasteiger partial charge is 0.481 e. The number of amides is 1. The van der Waals surface area contributed by atoms with Gasteiger partial charge in [-0.3, -0.25) is 9.59 Å². The zero-order valence-corrected chi connectivity index (χ0v) is 15.1. The molecule has 1 unspecified atom stereocenters. The fraction of sp³-hybridized carbons (Fsp3) is 0.389. The molecule has 0 aliphatic carbocycles. The molecule has 2 aromatic rings. The predicted molar refractivity (Wildman–Crippen MR) is 95.8 cm³/mol. The molecule has 6 heteroatoms. The quantitative estimate of drug-likeness (QED) is 0.825. The van der Waals surface area contributed by atoms with E-state index < -0.39 is 11.9 Å². The van der Waals surface area contributed by atoms with E-state index in [1.54, 1.807) is 31.2 Å². The van der Waals surface area contributed by atoms with Gasteiger partial charge in [-0.1, -0.05) is 26.0 Å². The molecular formula is C18H22N2O3S. The van der Waals surface area contributed by atoms with Gasteiger partial charge in [-0.05, 0) is 43.9 Å². The summed E-state index contributed by atoms with van der Waals surface area (Å²) < 4.78 is 0. The van der Waals surface area contributed by atoms with E-state index in [0.29, 0.717) is 22.0 Å². The Morgan fingerprint density at radius 2 is 2.00 bits per heavy atom. The molecule has 1 amide bonds. The van der Waals surface area contributed by atoms with Crippen molar-refractivity contribution < 1.29 is 14.7 Å². The Morgan fingerprint density at radius 1 is 1.29 bits per heavy atom. The molecular weight excluding hydrogens is 324 g/mol. The predicted octanol–water partition coefficient (Wildman–Crippen LogP) is 4.09. The number of carbonyl (C=O) groups excluding carboxylic acids is 1. The van der Waals surface area contributed by atoms with E-state index in [-0.39, 0.29) is 5.91 Å². The molecule has 0 saturated carbocycles. The molecule has 0 radical (unpaired) electrons. The number of hydrogen-bond donors (Lipinski definition) is 2. The summed E-state index contributed by atoms with van der Waals surface area (Å²) in [5.74, 6) is -1.30. The number of thiazole rings is 1. The van der Waals surface area contributed by atoms with Crippen LogP contribution < -0.4 is 5.32 Å². The molecule has 1 atom stereocenters. The number of nitrogens with zero attached hydrogens (tertiary/aromatic N) is 1. The van der Waals surface area contributed by atoms with Crippen LogP contribution in [0, 0.1) is 12.8 Å². The number of carboxylic acid groups (broad SMARTS) is 1. The van der Waals surface area contributed by atoms with Gasteiger partial charge in [-0.2, -0.15) is 0 Å². The van der Waals surface area contributed by atoms with Crippen LogP contribution >= 0.6 is 11.3 Å². The third kappa shape index (κ3) is 4.41. The van der Waals surface area contributed by atoms with Gasteiger partial charge in [0, 0.05) is 5.69 Å². The summed E-state index contributed by atoms with van der Waals surface area (Å²) in [5.41, 5.74) is 2.07. The second-order valence-electron chi connectivity index (χ2n) is 6.25. The van der Waals surface area contributed by atoms with Crippen LogP contribution in [-0.2, 0) is 11.2 Å². The molecule has 2 rings (SSSR count). The van der Waals surface area contributed by atoms with Gasteiger partial charge in [-0.25, -0.2) is 4.98 Å². The van der Waals surface area contributed by atoms with Gasteiger partial charge < -0.3 is 10.4 Å². The highest BCUT2D eigenvalue weighted by atomic mass is 32.1. The average Bonchev–Trinajstić information content (AvgIpc) is 2.86. The number of rotatable bonds is 6. The lowest BCUT2D eigenvalue weighted by atomic mass is 10.0. The van der Waals surface area contributed by atoms with E-state index in [9.17, 15) is 9.59 Å². The van der Waals surface area contributed by atoms with E-state index >= 15 is 0 Å². The number of carbonyl (C=O) groups is 2. The summed E-state index contributed by atoms with van der Waals surface area (Å²) in [5, 5.41) is 12.8. The van der Waals surface area contributed by atoms with Gasteiger partial charge in [0.1, 0.15) is 4.88 Å². The highest BCUT2D eigenvalue weighted by Crippen LogP contribution is 2.24. The third-order valence-corrected chi connectivity index (χ3v) is 4.64. The molecule has 0 saturated heterocycles. The molecule has 0 aliphatic rings. The van der Waals surface area contributed by atoms with Gasteiger partial charge in [-0.15, -0.1) is 11.3 Å². The van der Waals surface area contributed by atoms with Gasteiger partial charge in [0.25, 0.3) is 5.91 Å². The number of aliphatic carboxylic acids is 1. The fourth-order valence-corrected chi connectivity index (χ4v) is 3.23. The molecule has 0 bridgehead atoms. The number of nitrogens with one attached hydrogen (secondary N) is 1. The van der Waals surface area contributed by atoms with Crippen molar-refractivity contribution in [3.05, 3.63) is 45.4 Å². The van der Waals surface area contributed by atoms with Crippen molar-refractivity contribution in [2.45, 2.75) is 40.0 Å². The Bertz CT molecular complexity index is 752. The Morgan fingerprint density at radius 3 is 2.62 bits per heavy atom. The molecule has 128 valence electrons. The van der Waals surface area contributed by atoms with Gasteiger partial charge in [0.05, 0.1) is 16.6 Å². The average molecular weight is 346 g/mol. The molecule has 1 aromatic heterocycles. The van der Waals surface area contributed by atoms with E-state index in [1.165, 1.54) is 11.3 Å². The van der Waals surface area contributed by atoms with Crippen LogP contribution in [0.2, 0.25) is 0 Å². The summed E-state index contributed by atoms with van der Waals surface area (Å²) in [4.78, 5) is 28.8. The first kappa shape index (κ1) is 18.1. The Hall–Kier alpha value is -2.21. The van der Waals surface area contributed by atoms with Crippen molar-refractivity contribution in [1.82, 2.24) is 4.98 Å². The minimum atomic E-state index is -0.893. The number of carboxylic acids is 1. The minimum absolute atomic E-state index is 0.198. The Balaban J connectivity index is 2.21. The zero-order valence-electron chi connectivity index (χ0n) is 14.3. The molecule has 24 heavy (non-hydrogen) atoms. The van der Waals surface area contributed by atoms with E-state index in [1.807, 2.05) is 6.92 Å². The second kappa shape index (κ2) is 7.57. The zero-order chi connectivity index (χ0) is 17.9. The van der Waals surface area contributed by atoms with Crippen molar-refractivity contribution in [3.8, 4) is 0 Å². The first-order chi connectivity index (χ1) is 11.3. The molecule has 0 aliphatic heterocycles. The lowest BCUT2D eigenvalue weighted by Gasteiger charge is -2.10. The van der Waals surface area contributed by atoms with Gasteiger partial charge in [0.2, 0.25) is 0 Å². The molecule has 1 heterocycles. The summed E-state index contributed by atoms with van der Waals surface area (Å²) in [7, 11) is 0. The van der Waals surface area contributed by atoms with Crippen molar-refractivity contribution in [1.29, 1.82) is 0 Å². The van der Waals surface area contributed by atoms with Crippen molar-refractivity contribution in [2.75, 3.05) is 5.32 Å². The van der Waals surface area contributed by atoms with E-state index in [2.05, 4.69) is 24.1 Å². The van der Waals surface area contributed by atoms with Crippen LogP contribution in [0.3, 0.4) is 0 Å². The number of anilines is 1. The normalized spacial score (nSPS) is 12.2. The summed E-state index contributed by atoms with van der Waals surface area (Å²) in [6.45, 7) is 7.69. The van der Waals surface area contributed by atoms with E-state index in [4.69, 9.17) is 5.11 Å². The van der Waals surface area contributed by atoms with Crippen molar-refractivity contribution >= 4 is 28.9 Å². The Labute approximate surface area is 145 Å². The number of hydrogen-bond acceptors (Lipinski definition) is 4. The summed E-state index contributed by atoms with van der Waals surface area (Å²) >= 11 is 1.38. The summed E-state index contributed by atoms with van der Waals surface area (Å²) in [6.07, 6.45) is 0.753. The second-order valence-corrected chi connectivity index (χ2v) is 7.45. The third-order valence-electron chi connectivity index (χ3n) is 3.63. The molecule has 5 nitrogen and oxygen atoms in total. The lowest BCUT2D eigenvalue weighted by Crippen LogP contribution is -2.14. The molecule has 0 fully saturated rings. The highest BCUT2D eigenvalue weighted by molar-refractivity contribution is 7.13. The molecule has 0 spiro atoms. The van der Waals surface area contributed by atoms with Crippen molar-refractivity contribution in [2.24, 2.45) is 5.92 Å².